The normalized spacial score (nSPS) is 11.0. The van der Waals surface area contributed by atoms with E-state index < -0.39 is 0 Å². The van der Waals surface area contributed by atoms with Crippen molar-refractivity contribution >= 4 is 27.6 Å². The molecule has 0 amide bonds. The Hall–Kier alpha value is -2.32. The van der Waals surface area contributed by atoms with Crippen molar-refractivity contribution in [3.8, 4) is 17.6 Å². The van der Waals surface area contributed by atoms with Gasteiger partial charge in [0, 0.05) is 11.6 Å². The molecule has 3 nitrogen and oxygen atoms in total. The van der Waals surface area contributed by atoms with Crippen LogP contribution < -0.4 is 9.47 Å². The highest BCUT2D eigenvalue weighted by molar-refractivity contribution is 9.10. The van der Waals surface area contributed by atoms with E-state index in [0.717, 1.165) is 10.0 Å². The Morgan fingerprint density at radius 2 is 1.77 bits per heavy atom. The van der Waals surface area contributed by atoms with Gasteiger partial charge in [-0.15, -0.1) is 0 Å². The van der Waals surface area contributed by atoms with E-state index >= 15 is 0 Å². The van der Waals surface area contributed by atoms with Gasteiger partial charge >= 0.3 is 0 Å². The number of hydrogen-bond acceptors (Lipinski definition) is 3. The summed E-state index contributed by atoms with van der Waals surface area (Å²) in [5.41, 5.74) is 1.77. The zero-order valence-electron chi connectivity index (χ0n) is 12.1. The first kappa shape index (κ1) is 16.1. The van der Waals surface area contributed by atoms with Gasteiger partial charge in [-0.3, -0.25) is 0 Å². The van der Waals surface area contributed by atoms with Crippen LogP contribution in [0.15, 0.2) is 40.9 Å². The number of nitriles is 1. The third-order valence-corrected chi connectivity index (χ3v) is 3.70. The van der Waals surface area contributed by atoms with E-state index in [0.29, 0.717) is 22.6 Å². The van der Waals surface area contributed by atoms with Gasteiger partial charge < -0.3 is 9.47 Å². The molecule has 0 N–H and O–H groups in total. The van der Waals surface area contributed by atoms with Crippen LogP contribution >= 0.6 is 15.9 Å². The van der Waals surface area contributed by atoms with E-state index in [2.05, 4.69) is 22.0 Å². The zero-order valence-corrected chi connectivity index (χ0v) is 13.6. The molecule has 2 rings (SSSR count). The summed E-state index contributed by atoms with van der Waals surface area (Å²) in [5.74, 6) is 0.870. The monoisotopic (exact) mass is 361 g/mol. The highest BCUT2D eigenvalue weighted by Gasteiger charge is 2.10. The highest BCUT2D eigenvalue weighted by atomic mass is 79.9. The first-order valence-corrected chi connectivity index (χ1v) is 7.17. The molecule has 0 aromatic heterocycles. The largest absolute Gasteiger partial charge is 0.496 e. The average molecular weight is 362 g/mol. The van der Waals surface area contributed by atoms with Crippen molar-refractivity contribution in [2.24, 2.45) is 0 Å². The number of halogens is 2. The third kappa shape index (κ3) is 3.46. The van der Waals surface area contributed by atoms with Crippen LogP contribution in [-0.2, 0) is 0 Å². The van der Waals surface area contributed by atoms with Gasteiger partial charge in [0.25, 0.3) is 0 Å². The molecule has 0 unspecified atom stereocenters. The van der Waals surface area contributed by atoms with Gasteiger partial charge in [0.05, 0.1) is 30.3 Å². The summed E-state index contributed by atoms with van der Waals surface area (Å²) in [4.78, 5) is 0. The Kier molecular flexibility index (Phi) is 5.18. The molecule has 0 saturated heterocycles. The molecular formula is C17H13BrFNO2. The van der Waals surface area contributed by atoms with E-state index in [-0.39, 0.29) is 5.82 Å². The first-order valence-electron chi connectivity index (χ1n) is 6.38. The lowest BCUT2D eigenvalue weighted by molar-refractivity contribution is 0.392. The van der Waals surface area contributed by atoms with E-state index in [1.165, 1.54) is 12.1 Å². The van der Waals surface area contributed by atoms with Crippen molar-refractivity contribution < 1.29 is 13.9 Å². The lowest BCUT2D eigenvalue weighted by Crippen LogP contribution is -1.92. The van der Waals surface area contributed by atoms with Crippen LogP contribution in [0.5, 0.6) is 11.5 Å². The minimum atomic E-state index is -0.342. The summed E-state index contributed by atoms with van der Waals surface area (Å²) in [7, 11) is 3.11. The minimum absolute atomic E-state index is 0.342. The van der Waals surface area contributed by atoms with Crippen LogP contribution in [0.3, 0.4) is 0 Å². The third-order valence-electron chi connectivity index (χ3n) is 3.08. The molecule has 0 heterocycles. The van der Waals surface area contributed by atoms with Crippen LogP contribution in [0, 0.1) is 17.1 Å². The Bertz CT molecular complexity index is 748. The summed E-state index contributed by atoms with van der Waals surface area (Å²) in [6, 6.07) is 11.4. The summed E-state index contributed by atoms with van der Waals surface area (Å²) < 4.78 is 24.3. The van der Waals surface area contributed by atoms with Gasteiger partial charge in [0.15, 0.2) is 0 Å². The molecule has 0 aliphatic carbocycles. The number of nitrogens with zero attached hydrogens (tertiary/aromatic N) is 1. The maximum atomic E-state index is 13.0. The van der Waals surface area contributed by atoms with Crippen molar-refractivity contribution in [2.45, 2.75) is 0 Å². The lowest BCUT2D eigenvalue weighted by atomic mass is 10.0. The summed E-state index contributed by atoms with van der Waals surface area (Å²) in [5, 5.41) is 9.35. The molecule has 0 atom stereocenters. The second kappa shape index (κ2) is 7.10. The van der Waals surface area contributed by atoms with E-state index in [9.17, 15) is 9.65 Å². The van der Waals surface area contributed by atoms with Gasteiger partial charge in [-0.25, -0.2) is 4.39 Å². The second-order valence-electron chi connectivity index (χ2n) is 4.41. The summed E-state index contributed by atoms with van der Waals surface area (Å²) in [6.45, 7) is 0. The molecular weight excluding hydrogens is 349 g/mol. The first-order chi connectivity index (χ1) is 10.6. The maximum absolute atomic E-state index is 13.0. The molecule has 2 aromatic carbocycles. The predicted octanol–water partition coefficient (Wildman–Crippen LogP) is 4.67. The molecule has 0 saturated carbocycles. The summed E-state index contributed by atoms with van der Waals surface area (Å²) in [6.07, 6.45) is 1.69. The maximum Gasteiger partial charge on any atom is 0.136 e. The van der Waals surface area contributed by atoms with Crippen molar-refractivity contribution in [2.75, 3.05) is 14.2 Å². The van der Waals surface area contributed by atoms with Crippen molar-refractivity contribution in [1.29, 1.82) is 5.26 Å². The quantitative estimate of drug-likeness (QED) is 0.586. The number of allylic oxidation sites excluding steroid dienone is 1. The Balaban J connectivity index is 2.52. The fourth-order valence-electron chi connectivity index (χ4n) is 1.96. The summed E-state index contributed by atoms with van der Waals surface area (Å²) >= 11 is 3.41. The second-order valence-corrected chi connectivity index (χ2v) is 5.26. The topological polar surface area (TPSA) is 42.2 Å². The molecule has 0 aliphatic heterocycles. The number of hydrogen-bond donors (Lipinski definition) is 0. The van der Waals surface area contributed by atoms with Crippen LogP contribution in [0.1, 0.15) is 11.1 Å². The molecule has 0 fully saturated rings. The van der Waals surface area contributed by atoms with Crippen molar-refractivity contribution in [3.63, 3.8) is 0 Å². The minimum Gasteiger partial charge on any atom is -0.496 e. The fraction of sp³-hybridized carbons (Fsp3) is 0.118. The highest BCUT2D eigenvalue weighted by Crippen LogP contribution is 2.34. The average Bonchev–Trinajstić information content (AvgIpc) is 2.53. The molecule has 0 bridgehead atoms. The van der Waals surface area contributed by atoms with E-state index in [1.807, 2.05) is 0 Å². The standard InChI is InChI=1S/C17H13BrFNO2/c1-21-16-9-17(22-2)15(18)8-12(16)7-13(10-20)11-3-5-14(19)6-4-11/h3-9H,1-2H3/b13-7+. The molecule has 0 aliphatic rings. The van der Waals surface area contributed by atoms with Gasteiger partial charge in [-0.2, -0.15) is 5.26 Å². The Labute approximate surface area is 136 Å². The van der Waals surface area contributed by atoms with Gasteiger partial charge in [-0.05, 0) is 45.8 Å². The Morgan fingerprint density at radius 1 is 1.14 bits per heavy atom. The number of ether oxygens (including phenoxy) is 2. The molecule has 0 radical (unpaired) electrons. The molecule has 112 valence electrons. The number of rotatable bonds is 4. The van der Waals surface area contributed by atoms with Crippen molar-refractivity contribution in [3.05, 3.63) is 57.8 Å². The van der Waals surface area contributed by atoms with Gasteiger partial charge in [0.1, 0.15) is 17.3 Å². The molecule has 2 aromatic rings. The van der Waals surface area contributed by atoms with Crippen LogP contribution in [0.25, 0.3) is 11.6 Å². The van der Waals surface area contributed by atoms with Crippen LogP contribution in [0.2, 0.25) is 0 Å². The zero-order chi connectivity index (χ0) is 16.1. The SMILES string of the molecule is COc1cc(OC)c(/C=C(\C#N)c2ccc(F)cc2)cc1Br. The Morgan fingerprint density at radius 3 is 2.32 bits per heavy atom. The fourth-order valence-corrected chi connectivity index (χ4v) is 2.48. The smallest absolute Gasteiger partial charge is 0.136 e. The number of benzene rings is 2. The van der Waals surface area contributed by atoms with E-state index in [1.54, 1.807) is 44.6 Å². The van der Waals surface area contributed by atoms with Crippen LogP contribution in [0.4, 0.5) is 4.39 Å². The van der Waals surface area contributed by atoms with Crippen molar-refractivity contribution in [1.82, 2.24) is 0 Å². The van der Waals surface area contributed by atoms with E-state index in [4.69, 9.17) is 9.47 Å². The molecule has 0 spiro atoms. The molecule has 22 heavy (non-hydrogen) atoms. The number of methoxy groups -OCH3 is 2. The van der Waals surface area contributed by atoms with Gasteiger partial charge in [0.2, 0.25) is 0 Å². The van der Waals surface area contributed by atoms with Crippen LogP contribution in [-0.4, -0.2) is 14.2 Å². The molecule has 5 heteroatoms. The predicted molar refractivity (Wildman–Crippen MR) is 87.1 cm³/mol. The lowest BCUT2D eigenvalue weighted by Gasteiger charge is -2.10. The van der Waals surface area contributed by atoms with Gasteiger partial charge in [-0.1, -0.05) is 12.1 Å².